The van der Waals surface area contributed by atoms with Gasteiger partial charge in [0.05, 0.1) is 3.57 Å². The summed E-state index contributed by atoms with van der Waals surface area (Å²) in [5.41, 5.74) is 7.99. The minimum Gasteiger partial charge on any atom is -0.483 e. The number of carbonyl (C=O) groups excluding carboxylic acids is 1. The molecule has 0 saturated carbocycles. The molecule has 0 spiro atoms. The van der Waals surface area contributed by atoms with Crippen LogP contribution in [0.5, 0.6) is 5.75 Å². The second-order valence-corrected chi connectivity index (χ2v) is 5.50. The lowest BCUT2D eigenvalue weighted by molar-refractivity contribution is -0.118. The minimum atomic E-state index is -0.210. The number of hydrogen-bond donors (Lipinski definition) is 2. The van der Waals surface area contributed by atoms with Gasteiger partial charge in [0.1, 0.15) is 5.75 Å². The Hall–Kier alpha value is -1.76. The molecular formula is C15H15IN2O2. The van der Waals surface area contributed by atoms with Gasteiger partial charge in [0.25, 0.3) is 5.91 Å². The van der Waals surface area contributed by atoms with Crippen molar-refractivity contribution in [2.75, 3.05) is 17.7 Å². The predicted molar refractivity (Wildman–Crippen MR) is 88.9 cm³/mol. The Morgan fingerprint density at radius 3 is 2.80 bits per heavy atom. The smallest absolute Gasteiger partial charge is 0.262 e. The number of halogens is 1. The van der Waals surface area contributed by atoms with E-state index in [0.717, 1.165) is 9.13 Å². The molecule has 0 bridgehead atoms. The van der Waals surface area contributed by atoms with Crippen molar-refractivity contribution in [3.05, 3.63) is 51.6 Å². The van der Waals surface area contributed by atoms with Crippen molar-refractivity contribution in [1.82, 2.24) is 0 Å². The molecule has 0 heterocycles. The van der Waals surface area contributed by atoms with Crippen molar-refractivity contribution in [3.8, 4) is 5.75 Å². The molecule has 5 heteroatoms. The molecule has 104 valence electrons. The molecule has 0 fully saturated rings. The van der Waals surface area contributed by atoms with Crippen molar-refractivity contribution in [2.45, 2.75) is 6.92 Å². The van der Waals surface area contributed by atoms with E-state index in [9.17, 15) is 4.79 Å². The Kier molecular flexibility index (Phi) is 4.84. The van der Waals surface area contributed by atoms with E-state index < -0.39 is 0 Å². The molecule has 0 radical (unpaired) electrons. The summed E-state index contributed by atoms with van der Waals surface area (Å²) in [6.45, 7) is 1.88. The zero-order valence-corrected chi connectivity index (χ0v) is 13.2. The number of nitrogens with one attached hydrogen (secondary N) is 1. The Labute approximate surface area is 131 Å². The summed E-state index contributed by atoms with van der Waals surface area (Å²) in [6.07, 6.45) is 0. The van der Waals surface area contributed by atoms with Crippen LogP contribution in [0, 0.1) is 10.5 Å². The average molecular weight is 382 g/mol. The van der Waals surface area contributed by atoms with Gasteiger partial charge in [0, 0.05) is 11.4 Å². The number of ether oxygens (including phenoxy) is 1. The number of nitrogen functional groups attached to an aromatic ring is 1. The van der Waals surface area contributed by atoms with Gasteiger partial charge in [0.15, 0.2) is 6.61 Å². The first kappa shape index (κ1) is 14.6. The summed E-state index contributed by atoms with van der Waals surface area (Å²) in [5, 5.41) is 2.79. The van der Waals surface area contributed by atoms with Crippen LogP contribution in [0.25, 0.3) is 0 Å². The number of aryl methyl sites for hydroxylation is 1. The Morgan fingerprint density at radius 2 is 2.05 bits per heavy atom. The fraction of sp³-hybridized carbons (Fsp3) is 0.133. The lowest BCUT2D eigenvalue weighted by atomic mass is 10.2. The largest absolute Gasteiger partial charge is 0.483 e. The molecule has 1 amide bonds. The normalized spacial score (nSPS) is 10.1. The van der Waals surface area contributed by atoms with Gasteiger partial charge in [-0.05, 0) is 59.3 Å². The lowest BCUT2D eigenvalue weighted by Gasteiger charge is -2.11. The number of hydrogen-bond acceptors (Lipinski definition) is 3. The van der Waals surface area contributed by atoms with Gasteiger partial charge < -0.3 is 15.8 Å². The first-order chi connectivity index (χ1) is 9.56. The molecule has 3 N–H and O–H groups in total. The fourth-order valence-corrected chi connectivity index (χ4v) is 2.21. The topological polar surface area (TPSA) is 64.3 Å². The van der Waals surface area contributed by atoms with Gasteiger partial charge in [-0.15, -0.1) is 0 Å². The van der Waals surface area contributed by atoms with E-state index in [2.05, 4.69) is 27.9 Å². The highest BCUT2D eigenvalue weighted by molar-refractivity contribution is 14.1. The van der Waals surface area contributed by atoms with E-state index in [1.54, 1.807) is 12.1 Å². The number of amides is 1. The highest BCUT2D eigenvalue weighted by atomic mass is 127. The van der Waals surface area contributed by atoms with Crippen molar-refractivity contribution in [3.63, 3.8) is 0 Å². The molecule has 2 aromatic carbocycles. The highest BCUT2D eigenvalue weighted by Crippen LogP contribution is 2.20. The maximum Gasteiger partial charge on any atom is 0.262 e. The molecule has 0 aliphatic carbocycles. The van der Waals surface area contributed by atoms with E-state index in [-0.39, 0.29) is 12.5 Å². The highest BCUT2D eigenvalue weighted by Gasteiger charge is 2.07. The van der Waals surface area contributed by atoms with E-state index in [1.807, 2.05) is 37.3 Å². The van der Waals surface area contributed by atoms with Crippen LogP contribution in [0.4, 0.5) is 11.4 Å². The van der Waals surface area contributed by atoms with E-state index in [0.29, 0.717) is 17.1 Å². The third kappa shape index (κ3) is 3.86. The molecule has 2 aromatic rings. The number of nitrogens with two attached hydrogens (primary N) is 1. The molecule has 0 saturated heterocycles. The Morgan fingerprint density at radius 1 is 1.30 bits per heavy atom. The first-order valence-electron chi connectivity index (χ1n) is 6.09. The SMILES string of the molecule is Cc1ccc(N)cc1NC(=O)COc1ccccc1I. The van der Waals surface area contributed by atoms with Gasteiger partial charge in [0.2, 0.25) is 0 Å². The summed E-state index contributed by atoms with van der Waals surface area (Å²) < 4.78 is 6.46. The molecule has 4 nitrogen and oxygen atoms in total. The van der Waals surface area contributed by atoms with Crippen LogP contribution in [0.2, 0.25) is 0 Å². The summed E-state index contributed by atoms with van der Waals surface area (Å²) in [5.74, 6) is 0.492. The quantitative estimate of drug-likeness (QED) is 0.631. The van der Waals surface area contributed by atoms with Crippen molar-refractivity contribution in [1.29, 1.82) is 0 Å². The fourth-order valence-electron chi connectivity index (χ4n) is 1.67. The van der Waals surface area contributed by atoms with Crippen LogP contribution in [0.1, 0.15) is 5.56 Å². The number of rotatable bonds is 4. The second-order valence-electron chi connectivity index (χ2n) is 4.34. The van der Waals surface area contributed by atoms with Crippen LogP contribution in [0.15, 0.2) is 42.5 Å². The number of carbonyl (C=O) groups is 1. The van der Waals surface area contributed by atoms with Crippen molar-refractivity contribution >= 4 is 39.9 Å². The van der Waals surface area contributed by atoms with Gasteiger partial charge in [-0.25, -0.2) is 0 Å². The molecule has 0 unspecified atom stereocenters. The molecular weight excluding hydrogens is 367 g/mol. The molecule has 0 aliphatic rings. The molecule has 20 heavy (non-hydrogen) atoms. The van der Waals surface area contributed by atoms with Gasteiger partial charge in [-0.3, -0.25) is 4.79 Å². The predicted octanol–water partition coefficient (Wildman–Crippen LogP) is 3.20. The Balaban J connectivity index is 1.96. The van der Waals surface area contributed by atoms with Crippen LogP contribution >= 0.6 is 22.6 Å². The van der Waals surface area contributed by atoms with E-state index in [4.69, 9.17) is 10.5 Å². The van der Waals surface area contributed by atoms with Gasteiger partial charge in [-0.1, -0.05) is 18.2 Å². The van der Waals surface area contributed by atoms with Crippen LogP contribution in [-0.4, -0.2) is 12.5 Å². The zero-order chi connectivity index (χ0) is 14.5. The standard InChI is InChI=1S/C15H15IN2O2/c1-10-6-7-11(17)8-13(10)18-15(19)9-20-14-5-3-2-4-12(14)16/h2-8H,9,17H2,1H3,(H,18,19). The maximum atomic E-state index is 11.9. The maximum absolute atomic E-state index is 11.9. The lowest BCUT2D eigenvalue weighted by Crippen LogP contribution is -2.21. The molecule has 0 aromatic heterocycles. The third-order valence-electron chi connectivity index (χ3n) is 2.73. The summed E-state index contributed by atoms with van der Waals surface area (Å²) >= 11 is 2.17. The van der Waals surface area contributed by atoms with E-state index in [1.165, 1.54) is 0 Å². The number of para-hydroxylation sites is 1. The van der Waals surface area contributed by atoms with Crippen LogP contribution < -0.4 is 15.8 Å². The zero-order valence-electron chi connectivity index (χ0n) is 11.0. The van der Waals surface area contributed by atoms with Crippen molar-refractivity contribution in [2.24, 2.45) is 0 Å². The number of anilines is 2. The van der Waals surface area contributed by atoms with Crippen LogP contribution in [0.3, 0.4) is 0 Å². The minimum absolute atomic E-state index is 0.0335. The summed E-state index contributed by atoms with van der Waals surface area (Å²) in [6, 6.07) is 13.0. The van der Waals surface area contributed by atoms with Gasteiger partial charge in [-0.2, -0.15) is 0 Å². The first-order valence-corrected chi connectivity index (χ1v) is 7.17. The van der Waals surface area contributed by atoms with Crippen LogP contribution in [-0.2, 0) is 4.79 Å². The molecule has 0 atom stereocenters. The number of benzene rings is 2. The third-order valence-corrected chi connectivity index (χ3v) is 3.62. The average Bonchev–Trinajstić information content (AvgIpc) is 2.42. The van der Waals surface area contributed by atoms with E-state index >= 15 is 0 Å². The monoisotopic (exact) mass is 382 g/mol. The summed E-state index contributed by atoms with van der Waals surface area (Å²) in [4.78, 5) is 11.9. The second kappa shape index (κ2) is 6.60. The summed E-state index contributed by atoms with van der Waals surface area (Å²) in [7, 11) is 0. The van der Waals surface area contributed by atoms with Gasteiger partial charge >= 0.3 is 0 Å². The molecule has 2 rings (SSSR count). The Bertz CT molecular complexity index is 629. The molecule has 0 aliphatic heterocycles. The van der Waals surface area contributed by atoms with Crippen molar-refractivity contribution < 1.29 is 9.53 Å².